The number of methoxy groups -OCH3 is 1. The largest absolute Gasteiger partial charge is 0.489 e. The molecule has 0 aliphatic carbocycles. The summed E-state index contributed by atoms with van der Waals surface area (Å²) in [5.41, 5.74) is 2.92. The number of benzene rings is 1. The van der Waals surface area contributed by atoms with Crippen molar-refractivity contribution in [3.63, 3.8) is 0 Å². The van der Waals surface area contributed by atoms with E-state index in [2.05, 4.69) is 18.0 Å². The molecule has 1 heterocycles. The molecule has 0 spiro atoms. The van der Waals surface area contributed by atoms with Gasteiger partial charge in [-0.3, -0.25) is 0 Å². The molecule has 0 aromatic heterocycles. The number of rotatable bonds is 6. The van der Waals surface area contributed by atoms with E-state index >= 15 is 0 Å². The number of amides is 2. The molecule has 5 nitrogen and oxygen atoms in total. The van der Waals surface area contributed by atoms with Crippen LogP contribution in [-0.4, -0.2) is 44.3 Å². The number of ether oxygens (including phenoxy) is 2. The summed E-state index contributed by atoms with van der Waals surface area (Å²) in [5, 5.41) is 2.91. The fraction of sp³-hybridized carbons (Fsp3) is 0.389. The Hall–Kier alpha value is -2.27. The van der Waals surface area contributed by atoms with Gasteiger partial charge in [0.15, 0.2) is 0 Å². The van der Waals surface area contributed by atoms with Gasteiger partial charge in [-0.05, 0) is 36.6 Å². The molecule has 2 rings (SSSR count). The van der Waals surface area contributed by atoms with Gasteiger partial charge in [-0.25, -0.2) is 4.79 Å². The molecule has 2 amide bonds. The minimum Gasteiger partial charge on any atom is -0.489 e. The number of carbonyl (C=O) groups excluding carboxylic acids is 1. The number of nitrogens with zero attached hydrogens (tertiary/aromatic N) is 1. The first-order valence-electron chi connectivity index (χ1n) is 7.68. The van der Waals surface area contributed by atoms with Crippen LogP contribution >= 0.6 is 0 Å². The molecule has 0 bridgehead atoms. The molecule has 1 aromatic rings. The van der Waals surface area contributed by atoms with Gasteiger partial charge in [0.1, 0.15) is 12.4 Å². The number of anilines is 1. The van der Waals surface area contributed by atoms with E-state index in [1.54, 1.807) is 12.0 Å². The van der Waals surface area contributed by atoms with E-state index in [-0.39, 0.29) is 6.03 Å². The average molecular weight is 316 g/mol. The van der Waals surface area contributed by atoms with Crippen molar-refractivity contribution in [1.82, 2.24) is 4.90 Å². The minimum absolute atomic E-state index is 0.102. The first-order valence-corrected chi connectivity index (χ1v) is 7.68. The van der Waals surface area contributed by atoms with Crippen LogP contribution in [0.5, 0.6) is 5.75 Å². The van der Waals surface area contributed by atoms with Gasteiger partial charge in [-0.15, -0.1) is 0 Å². The summed E-state index contributed by atoms with van der Waals surface area (Å²) < 4.78 is 10.7. The van der Waals surface area contributed by atoms with Gasteiger partial charge in [0, 0.05) is 32.0 Å². The minimum atomic E-state index is -0.102. The number of hydrogen-bond donors (Lipinski definition) is 1. The molecule has 0 radical (unpaired) electrons. The highest BCUT2D eigenvalue weighted by atomic mass is 16.5. The van der Waals surface area contributed by atoms with Crippen LogP contribution in [0.4, 0.5) is 10.5 Å². The summed E-state index contributed by atoms with van der Waals surface area (Å²) >= 11 is 0. The van der Waals surface area contributed by atoms with E-state index in [0.717, 1.165) is 17.7 Å². The predicted molar refractivity (Wildman–Crippen MR) is 91.9 cm³/mol. The van der Waals surface area contributed by atoms with Crippen LogP contribution in [0.15, 0.2) is 48.1 Å². The summed E-state index contributed by atoms with van der Waals surface area (Å²) in [4.78, 5) is 14.1. The lowest BCUT2D eigenvalue weighted by Crippen LogP contribution is -2.38. The van der Waals surface area contributed by atoms with E-state index in [1.165, 1.54) is 5.57 Å². The van der Waals surface area contributed by atoms with Crippen molar-refractivity contribution in [3.05, 3.63) is 48.1 Å². The lowest BCUT2D eigenvalue weighted by Gasteiger charge is -2.26. The molecule has 0 atom stereocenters. The molecule has 1 aliphatic rings. The van der Waals surface area contributed by atoms with E-state index in [0.29, 0.717) is 32.1 Å². The topological polar surface area (TPSA) is 50.8 Å². The Kier molecular flexibility index (Phi) is 6.23. The second kappa shape index (κ2) is 8.39. The Morgan fingerprint density at radius 2 is 2.26 bits per heavy atom. The van der Waals surface area contributed by atoms with Gasteiger partial charge in [-0.1, -0.05) is 18.7 Å². The zero-order valence-electron chi connectivity index (χ0n) is 13.8. The van der Waals surface area contributed by atoms with Crippen LogP contribution < -0.4 is 10.1 Å². The Morgan fingerprint density at radius 3 is 2.91 bits per heavy atom. The molecule has 0 fully saturated rings. The van der Waals surface area contributed by atoms with Crippen molar-refractivity contribution < 1.29 is 14.3 Å². The van der Waals surface area contributed by atoms with E-state index in [9.17, 15) is 4.79 Å². The third kappa shape index (κ3) is 5.45. The van der Waals surface area contributed by atoms with Crippen molar-refractivity contribution in [2.75, 3.05) is 38.7 Å². The smallest absolute Gasteiger partial charge is 0.322 e. The first-order chi connectivity index (χ1) is 11.1. The lowest BCUT2D eigenvalue weighted by atomic mass is 10.1. The third-order valence-electron chi connectivity index (χ3n) is 3.49. The highest BCUT2D eigenvalue weighted by molar-refractivity contribution is 5.89. The molecular formula is C18H24N2O3. The van der Waals surface area contributed by atoms with Crippen LogP contribution in [0.2, 0.25) is 0 Å². The fourth-order valence-electron chi connectivity index (χ4n) is 2.28. The van der Waals surface area contributed by atoms with Crippen molar-refractivity contribution in [1.29, 1.82) is 0 Å². The van der Waals surface area contributed by atoms with Crippen molar-refractivity contribution in [3.8, 4) is 5.75 Å². The Bertz CT molecular complexity index is 596. The van der Waals surface area contributed by atoms with Crippen molar-refractivity contribution in [2.24, 2.45) is 0 Å². The Labute approximate surface area is 137 Å². The van der Waals surface area contributed by atoms with Crippen LogP contribution in [0.3, 0.4) is 0 Å². The van der Waals surface area contributed by atoms with Crippen LogP contribution in [-0.2, 0) is 4.74 Å². The second-order valence-corrected chi connectivity index (χ2v) is 5.70. The normalized spacial score (nSPS) is 14.2. The molecule has 5 heteroatoms. The van der Waals surface area contributed by atoms with Gasteiger partial charge < -0.3 is 19.7 Å². The third-order valence-corrected chi connectivity index (χ3v) is 3.49. The molecule has 124 valence electrons. The summed E-state index contributed by atoms with van der Waals surface area (Å²) in [6.07, 6.45) is 2.90. The van der Waals surface area contributed by atoms with Gasteiger partial charge in [0.25, 0.3) is 0 Å². The van der Waals surface area contributed by atoms with Crippen molar-refractivity contribution >= 4 is 11.7 Å². The number of carbonyl (C=O) groups is 1. The Balaban J connectivity index is 1.90. The maximum Gasteiger partial charge on any atom is 0.322 e. The summed E-state index contributed by atoms with van der Waals surface area (Å²) in [5.74, 6) is 0.715. The maximum absolute atomic E-state index is 12.3. The zero-order chi connectivity index (χ0) is 16.7. The average Bonchev–Trinajstić information content (AvgIpc) is 2.54. The van der Waals surface area contributed by atoms with Crippen LogP contribution in [0.25, 0.3) is 0 Å². The monoisotopic (exact) mass is 316 g/mol. The Morgan fingerprint density at radius 1 is 1.43 bits per heavy atom. The summed E-state index contributed by atoms with van der Waals surface area (Å²) in [6, 6.07) is 7.28. The second-order valence-electron chi connectivity index (χ2n) is 5.70. The predicted octanol–water partition coefficient (Wildman–Crippen LogP) is 3.45. The van der Waals surface area contributed by atoms with E-state index in [4.69, 9.17) is 9.47 Å². The number of nitrogens with one attached hydrogen (secondary N) is 1. The molecule has 1 N–H and O–H groups in total. The van der Waals surface area contributed by atoms with Crippen molar-refractivity contribution in [2.45, 2.75) is 13.3 Å². The molecule has 1 aromatic carbocycles. The maximum atomic E-state index is 12.3. The van der Waals surface area contributed by atoms with Crippen LogP contribution in [0, 0.1) is 0 Å². The fourth-order valence-corrected chi connectivity index (χ4v) is 2.28. The van der Waals surface area contributed by atoms with Gasteiger partial charge in [0.2, 0.25) is 0 Å². The van der Waals surface area contributed by atoms with E-state index in [1.807, 2.05) is 31.2 Å². The highest BCUT2D eigenvalue weighted by Gasteiger charge is 2.17. The standard InChI is InChI=1S/C18H24N2O3/c1-14(2)12-23-17-6-4-5-16(11-17)19-18(21)20-9-7-15(8-10-20)13-22-3/h4-7,11H,1,8-10,12-13H2,2-3H3,(H,19,21). The molecule has 0 unspecified atom stereocenters. The summed E-state index contributed by atoms with van der Waals surface area (Å²) in [7, 11) is 1.68. The number of urea groups is 1. The molecule has 0 saturated carbocycles. The molecule has 1 aliphatic heterocycles. The molecule has 23 heavy (non-hydrogen) atoms. The van der Waals surface area contributed by atoms with Gasteiger partial charge in [-0.2, -0.15) is 0 Å². The summed E-state index contributed by atoms with van der Waals surface area (Å²) in [6.45, 7) is 8.13. The lowest BCUT2D eigenvalue weighted by molar-refractivity contribution is 0.203. The van der Waals surface area contributed by atoms with Gasteiger partial charge in [0.05, 0.1) is 6.61 Å². The number of hydrogen-bond acceptors (Lipinski definition) is 3. The zero-order valence-corrected chi connectivity index (χ0v) is 13.8. The highest BCUT2D eigenvalue weighted by Crippen LogP contribution is 2.19. The molecular weight excluding hydrogens is 292 g/mol. The van der Waals surface area contributed by atoms with Gasteiger partial charge >= 0.3 is 6.03 Å². The SMILES string of the molecule is C=C(C)COc1cccc(NC(=O)N2CC=C(COC)CC2)c1. The first kappa shape index (κ1) is 17.1. The quantitative estimate of drug-likeness (QED) is 0.818. The van der Waals surface area contributed by atoms with E-state index < -0.39 is 0 Å². The molecule has 0 saturated heterocycles. The van der Waals surface area contributed by atoms with Crippen LogP contribution in [0.1, 0.15) is 13.3 Å².